The number of hydrogen-bond acceptors (Lipinski definition) is 5. The second-order valence-electron chi connectivity index (χ2n) is 12.6. The van der Waals surface area contributed by atoms with E-state index in [1.165, 1.54) is 3.97 Å². The predicted octanol–water partition coefficient (Wildman–Crippen LogP) is 4.86. The molecule has 224 valence electrons. The fourth-order valence-electron chi connectivity index (χ4n) is 6.40. The molecule has 2 aromatic carbocycles. The first-order chi connectivity index (χ1) is 19.9. The molecule has 8 nitrogen and oxygen atoms in total. The highest BCUT2D eigenvalue weighted by Crippen LogP contribution is 2.49. The Hall–Kier alpha value is -3.43. The SMILES string of the molecule is C=CCC1(S(=O)(=O)n2cc(C)c3c(C(=O)NCC4C(=O)NC(C)CC4C)cc(-c4ccc(CN(C)C)cc4)cc32)CC1. The molecule has 2 fully saturated rings. The minimum absolute atomic E-state index is 0.0522. The number of fused-ring (bicyclic) bond motifs is 1. The average molecular weight is 591 g/mol. The number of rotatable bonds is 10. The summed E-state index contributed by atoms with van der Waals surface area (Å²) in [5.74, 6) is -0.569. The highest BCUT2D eigenvalue weighted by atomic mass is 32.2. The van der Waals surface area contributed by atoms with Crippen molar-refractivity contribution in [1.29, 1.82) is 0 Å². The number of carbonyl (C=O) groups is 2. The van der Waals surface area contributed by atoms with Crippen molar-refractivity contribution >= 4 is 32.7 Å². The van der Waals surface area contributed by atoms with E-state index in [1.807, 2.05) is 71.3 Å². The molecule has 1 saturated carbocycles. The van der Waals surface area contributed by atoms with Crippen molar-refractivity contribution in [3.63, 3.8) is 0 Å². The fraction of sp³-hybridized carbons (Fsp3) is 0.455. The Labute approximate surface area is 249 Å². The second-order valence-corrected chi connectivity index (χ2v) is 14.8. The van der Waals surface area contributed by atoms with E-state index >= 15 is 0 Å². The van der Waals surface area contributed by atoms with Crippen LogP contribution in [-0.2, 0) is 21.4 Å². The number of aryl methyl sites for hydroxylation is 1. The Morgan fingerprint density at radius 3 is 2.45 bits per heavy atom. The Morgan fingerprint density at radius 1 is 1.17 bits per heavy atom. The first kappa shape index (κ1) is 30.0. The van der Waals surface area contributed by atoms with Crippen LogP contribution < -0.4 is 10.6 Å². The zero-order valence-corrected chi connectivity index (χ0v) is 26.1. The quantitative estimate of drug-likeness (QED) is 0.329. The molecule has 9 heteroatoms. The van der Waals surface area contributed by atoms with Crippen LogP contribution in [0.1, 0.15) is 61.0 Å². The van der Waals surface area contributed by atoms with E-state index in [2.05, 4.69) is 22.1 Å². The van der Waals surface area contributed by atoms with Gasteiger partial charge in [-0.25, -0.2) is 12.4 Å². The molecule has 2 heterocycles. The van der Waals surface area contributed by atoms with E-state index in [0.29, 0.717) is 41.3 Å². The lowest BCUT2D eigenvalue weighted by atomic mass is 9.84. The largest absolute Gasteiger partial charge is 0.353 e. The van der Waals surface area contributed by atoms with Crippen molar-refractivity contribution in [3.05, 3.63) is 71.9 Å². The minimum Gasteiger partial charge on any atom is -0.353 e. The molecule has 0 spiro atoms. The summed E-state index contributed by atoms with van der Waals surface area (Å²) in [6.45, 7) is 10.7. The molecule has 2 amide bonds. The zero-order valence-electron chi connectivity index (χ0n) is 25.2. The number of aromatic nitrogens is 1. The number of allylic oxidation sites excluding steroid dienone is 1. The van der Waals surface area contributed by atoms with Gasteiger partial charge in [-0.1, -0.05) is 37.3 Å². The van der Waals surface area contributed by atoms with E-state index in [1.54, 1.807) is 12.3 Å². The van der Waals surface area contributed by atoms with Crippen molar-refractivity contribution in [3.8, 4) is 11.1 Å². The van der Waals surface area contributed by atoms with Crippen LogP contribution in [-0.4, -0.2) is 60.5 Å². The van der Waals surface area contributed by atoms with E-state index in [4.69, 9.17) is 0 Å². The molecule has 42 heavy (non-hydrogen) atoms. The van der Waals surface area contributed by atoms with Crippen LogP contribution in [0.4, 0.5) is 0 Å². The molecule has 3 aromatic rings. The highest BCUT2D eigenvalue weighted by molar-refractivity contribution is 7.91. The molecule has 1 aliphatic carbocycles. The summed E-state index contributed by atoms with van der Waals surface area (Å²) in [6, 6.07) is 11.9. The normalized spacial score (nSPS) is 21.8. The van der Waals surface area contributed by atoms with Crippen LogP contribution in [0.25, 0.3) is 22.0 Å². The predicted molar refractivity (Wildman–Crippen MR) is 168 cm³/mol. The summed E-state index contributed by atoms with van der Waals surface area (Å²) in [5.41, 5.74) is 4.39. The van der Waals surface area contributed by atoms with Gasteiger partial charge in [-0.2, -0.15) is 0 Å². The maximum atomic E-state index is 14.0. The number of benzene rings is 2. The van der Waals surface area contributed by atoms with Crippen LogP contribution in [0.5, 0.6) is 0 Å². The number of piperidine rings is 1. The Morgan fingerprint density at radius 2 is 1.86 bits per heavy atom. The number of nitrogens with zero attached hydrogens (tertiary/aromatic N) is 2. The van der Waals surface area contributed by atoms with Gasteiger partial charge in [-0.05, 0) is 93.9 Å². The van der Waals surface area contributed by atoms with E-state index in [9.17, 15) is 18.0 Å². The lowest BCUT2D eigenvalue weighted by Gasteiger charge is -2.32. The van der Waals surface area contributed by atoms with Gasteiger partial charge in [-0.15, -0.1) is 6.58 Å². The summed E-state index contributed by atoms with van der Waals surface area (Å²) < 4.78 is 28.5. The number of hydrogen-bond donors (Lipinski definition) is 2. The van der Waals surface area contributed by atoms with E-state index in [-0.39, 0.29) is 36.2 Å². The molecule has 2 aliphatic rings. The Kier molecular flexibility index (Phi) is 8.11. The van der Waals surface area contributed by atoms with Crippen LogP contribution in [0.3, 0.4) is 0 Å². The van der Waals surface area contributed by atoms with Crippen molar-refractivity contribution < 1.29 is 18.0 Å². The third kappa shape index (κ3) is 5.52. The third-order valence-corrected chi connectivity index (χ3v) is 11.3. The van der Waals surface area contributed by atoms with Crippen LogP contribution in [0.15, 0.2) is 55.3 Å². The van der Waals surface area contributed by atoms with Crippen LogP contribution >= 0.6 is 0 Å². The van der Waals surface area contributed by atoms with Gasteiger partial charge in [0.05, 0.1) is 16.2 Å². The number of carbonyl (C=O) groups excluding carboxylic acids is 2. The molecule has 3 atom stereocenters. The number of amides is 2. The molecular weight excluding hydrogens is 548 g/mol. The molecular formula is C33H42N4O4S. The molecule has 3 unspecified atom stereocenters. The molecule has 1 saturated heterocycles. The topological polar surface area (TPSA) is 101 Å². The van der Waals surface area contributed by atoms with Crippen LogP contribution in [0, 0.1) is 18.8 Å². The maximum absolute atomic E-state index is 14.0. The standard InChI is InChI=1S/C33H42N4O4S/c1-7-12-33(13-14-33)42(40,41)37-19-22(3)30-27(31(38)34-18-28-21(2)15-23(4)35-32(28)39)16-26(17-29(30)37)25-10-8-24(9-11-25)20-36(5)6/h7-11,16-17,19,21,23,28H,1,12-15,18,20H2,2-6H3,(H,34,38)(H,35,39). The van der Waals surface area contributed by atoms with Gasteiger partial charge in [0.2, 0.25) is 15.9 Å². The smallest absolute Gasteiger partial charge is 0.252 e. The Balaban J connectivity index is 1.59. The zero-order chi connectivity index (χ0) is 30.4. The van der Waals surface area contributed by atoms with Crippen molar-refractivity contribution in [2.24, 2.45) is 11.8 Å². The molecule has 2 N–H and O–H groups in total. The van der Waals surface area contributed by atoms with Gasteiger partial charge in [0.25, 0.3) is 5.91 Å². The average Bonchev–Trinajstić information content (AvgIpc) is 3.64. The van der Waals surface area contributed by atoms with Gasteiger partial charge >= 0.3 is 0 Å². The monoisotopic (exact) mass is 590 g/mol. The summed E-state index contributed by atoms with van der Waals surface area (Å²) in [5, 5.41) is 6.60. The molecule has 1 aromatic heterocycles. The first-order valence-electron chi connectivity index (χ1n) is 14.7. The van der Waals surface area contributed by atoms with Gasteiger partial charge < -0.3 is 15.5 Å². The third-order valence-electron chi connectivity index (χ3n) is 8.84. The molecule has 0 radical (unpaired) electrons. The first-order valence-corrected chi connectivity index (χ1v) is 16.1. The highest BCUT2D eigenvalue weighted by Gasteiger charge is 2.54. The summed E-state index contributed by atoms with van der Waals surface area (Å²) >= 11 is 0. The lowest BCUT2D eigenvalue weighted by Crippen LogP contribution is -2.50. The van der Waals surface area contributed by atoms with Crippen LogP contribution in [0.2, 0.25) is 0 Å². The molecule has 1 aliphatic heterocycles. The molecule has 0 bridgehead atoms. The summed E-state index contributed by atoms with van der Waals surface area (Å²) in [6.07, 6.45) is 5.71. The van der Waals surface area contributed by atoms with Gasteiger partial charge in [0, 0.05) is 36.3 Å². The van der Waals surface area contributed by atoms with Crippen molar-refractivity contribution in [1.82, 2.24) is 19.5 Å². The maximum Gasteiger partial charge on any atom is 0.252 e. The Bertz CT molecular complexity index is 1630. The fourth-order valence-corrected chi connectivity index (χ4v) is 8.46. The van der Waals surface area contributed by atoms with E-state index in [0.717, 1.165) is 29.7 Å². The van der Waals surface area contributed by atoms with E-state index < -0.39 is 14.8 Å². The number of nitrogens with one attached hydrogen (secondary N) is 2. The van der Waals surface area contributed by atoms with Crippen molar-refractivity contribution in [2.75, 3.05) is 20.6 Å². The van der Waals surface area contributed by atoms with Gasteiger partial charge in [0.1, 0.15) is 0 Å². The lowest BCUT2D eigenvalue weighted by molar-refractivity contribution is -0.129. The second kappa shape index (κ2) is 11.3. The minimum atomic E-state index is -3.75. The van der Waals surface area contributed by atoms with Crippen molar-refractivity contribution in [2.45, 2.75) is 63.8 Å². The van der Waals surface area contributed by atoms with Gasteiger partial charge in [0.15, 0.2) is 0 Å². The van der Waals surface area contributed by atoms with Gasteiger partial charge in [-0.3, -0.25) is 9.59 Å². The summed E-state index contributed by atoms with van der Waals surface area (Å²) in [4.78, 5) is 28.6. The summed E-state index contributed by atoms with van der Waals surface area (Å²) in [7, 11) is 0.279. The molecule has 5 rings (SSSR count).